The Morgan fingerprint density at radius 3 is 2.77 bits per heavy atom. The number of rotatable bonds is 1. The van der Waals surface area contributed by atoms with Crippen molar-refractivity contribution in [3.05, 3.63) is 40.6 Å². The van der Waals surface area contributed by atoms with E-state index in [2.05, 4.69) is 5.18 Å². The Morgan fingerprint density at radius 2 is 2.08 bits per heavy atom. The fourth-order valence-electron chi connectivity index (χ4n) is 1.59. The molecule has 3 nitrogen and oxygen atoms in total. The summed E-state index contributed by atoms with van der Waals surface area (Å²) in [6.45, 7) is 3.90. The van der Waals surface area contributed by atoms with E-state index in [0.717, 1.165) is 16.8 Å². The Hall–Kier alpha value is -1.64. The Balaban J connectivity index is 2.98. The van der Waals surface area contributed by atoms with Crippen LogP contribution >= 0.6 is 0 Å². The van der Waals surface area contributed by atoms with E-state index in [0.29, 0.717) is 5.69 Å². The van der Waals surface area contributed by atoms with Gasteiger partial charge in [-0.05, 0) is 36.7 Å². The average molecular weight is 174 g/mol. The van der Waals surface area contributed by atoms with Crippen LogP contribution in [0.1, 0.15) is 11.3 Å². The minimum atomic E-state index is 0.554. The number of aryl methyl sites for hydroxylation is 1. The lowest BCUT2D eigenvalue weighted by Crippen LogP contribution is -1.84. The zero-order valence-electron chi connectivity index (χ0n) is 7.61. The predicted molar refractivity (Wildman–Crippen MR) is 52.3 cm³/mol. The van der Waals surface area contributed by atoms with E-state index in [4.69, 9.17) is 0 Å². The van der Waals surface area contributed by atoms with Crippen LogP contribution in [0.15, 0.2) is 29.6 Å². The molecule has 0 saturated carbocycles. The Morgan fingerprint density at radius 1 is 1.31 bits per heavy atom. The molecule has 0 unspecified atom stereocenters. The van der Waals surface area contributed by atoms with E-state index in [1.54, 1.807) is 0 Å². The summed E-state index contributed by atoms with van der Waals surface area (Å²) in [6, 6.07) is 5.74. The maximum absolute atomic E-state index is 10.6. The molecule has 0 atom stereocenters. The number of fused-ring (bicyclic) bond motifs is 1. The molecule has 13 heavy (non-hydrogen) atoms. The van der Waals surface area contributed by atoms with Gasteiger partial charge in [0.15, 0.2) is 0 Å². The van der Waals surface area contributed by atoms with Crippen molar-refractivity contribution in [2.24, 2.45) is 5.18 Å². The van der Waals surface area contributed by atoms with Crippen molar-refractivity contribution < 1.29 is 0 Å². The van der Waals surface area contributed by atoms with Crippen molar-refractivity contribution in [2.45, 2.75) is 13.8 Å². The molecule has 2 aromatic rings. The smallest absolute Gasteiger partial charge is 0.136 e. The zero-order valence-corrected chi connectivity index (χ0v) is 7.61. The first kappa shape index (κ1) is 7.98. The van der Waals surface area contributed by atoms with Gasteiger partial charge in [-0.1, -0.05) is 6.07 Å². The summed E-state index contributed by atoms with van der Waals surface area (Å²) < 4.78 is 1.98. The summed E-state index contributed by atoms with van der Waals surface area (Å²) in [4.78, 5) is 10.6. The van der Waals surface area contributed by atoms with Crippen LogP contribution in [0.5, 0.6) is 0 Å². The largest absolute Gasteiger partial charge is 0.319 e. The molecule has 0 aliphatic carbocycles. The molecule has 2 rings (SSSR count). The van der Waals surface area contributed by atoms with Gasteiger partial charge >= 0.3 is 0 Å². The minimum Gasteiger partial charge on any atom is -0.319 e. The van der Waals surface area contributed by atoms with E-state index < -0.39 is 0 Å². The SMILES string of the molecule is Cc1c(N=O)c2ccccn2c1C. The first-order valence-corrected chi connectivity index (χ1v) is 4.15. The van der Waals surface area contributed by atoms with Crippen molar-refractivity contribution in [2.75, 3.05) is 0 Å². The van der Waals surface area contributed by atoms with Gasteiger partial charge in [-0.3, -0.25) is 0 Å². The molecular weight excluding hydrogens is 164 g/mol. The predicted octanol–water partition coefficient (Wildman–Crippen LogP) is 2.95. The van der Waals surface area contributed by atoms with E-state index in [9.17, 15) is 4.91 Å². The molecule has 0 aliphatic heterocycles. The molecule has 0 aliphatic rings. The van der Waals surface area contributed by atoms with E-state index >= 15 is 0 Å². The molecule has 3 heteroatoms. The van der Waals surface area contributed by atoms with Gasteiger partial charge < -0.3 is 4.40 Å². The van der Waals surface area contributed by atoms with Gasteiger partial charge in [0.25, 0.3) is 0 Å². The highest BCUT2D eigenvalue weighted by Gasteiger charge is 2.10. The highest BCUT2D eigenvalue weighted by atomic mass is 16.3. The van der Waals surface area contributed by atoms with Gasteiger partial charge in [0.05, 0.1) is 5.52 Å². The van der Waals surface area contributed by atoms with Gasteiger partial charge in [-0.2, -0.15) is 0 Å². The fraction of sp³-hybridized carbons (Fsp3) is 0.200. The minimum absolute atomic E-state index is 0.554. The topological polar surface area (TPSA) is 33.8 Å². The Kier molecular flexibility index (Phi) is 1.65. The standard InChI is InChI=1S/C10H10N2O/c1-7-8(2)12-6-4-3-5-9(12)10(7)11-13/h3-6H,1-2H3. The molecule has 0 saturated heterocycles. The number of nitrogens with zero attached hydrogens (tertiary/aromatic N) is 2. The number of hydrogen-bond donors (Lipinski definition) is 0. The quantitative estimate of drug-likeness (QED) is 0.612. The van der Waals surface area contributed by atoms with Crippen LogP contribution in [0.3, 0.4) is 0 Å². The zero-order chi connectivity index (χ0) is 9.42. The summed E-state index contributed by atoms with van der Waals surface area (Å²) in [6.07, 6.45) is 1.94. The monoisotopic (exact) mass is 174 g/mol. The van der Waals surface area contributed by atoms with Crippen LogP contribution in [0, 0.1) is 18.8 Å². The summed E-state index contributed by atoms with van der Waals surface area (Å²) >= 11 is 0. The first-order valence-electron chi connectivity index (χ1n) is 4.15. The van der Waals surface area contributed by atoms with Crippen molar-refractivity contribution in [3.63, 3.8) is 0 Å². The third-order valence-electron chi connectivity index (χ3n) is 2.45. The highest BCUT2D eigenvalue weighted by Crippen LogP contribution is 2.29. The van der Waals surface area contributed by atoms with E-state index in [-0.39, 0.29) is 0 Å². The number of hydrogen-bond acceptors (Lipinski definition) is 2. The molecule has 2 heterocycles. The van der Waals surface area contributed by atoms with Crippen molar-refractivity contribution in [3.8, 4) is 0 Å². The van der Waals surface area contributed by atoms with Crippen LogP contribution < -0.4 is 0 Å². The second-order valence-electron chi connectivity index (χ2n) is 3.11. The van der Waals surface area contributed by atoms with Crippen molar-refractivity contribution >= 4 is 11.2 Å². The second kappa shape index (κ2) is 2.69. The number of nitroso groups, excluding NO2 is 1. The van der Waals surface area contributed by atoms with Gasteiger partial charge in [-0.25, -0.2) is 0 Å². The maximum atomic E-state index is 10.6. The number of pyridine rings is 1. The van der Waals surface area contributed by atoms with Crippen LogP contribution in [0.4, 0.5) is 5.69 Å². The summed E-state index contributed by atoms with van der Waals surface area (Å²) in [5.41, 5.74) is 3.47. The number of aromatic nitrogens is 1. The molecule has 2 aromatic heterocycles. The van der Waals surface area contributed by atoms with Crippen LogP contribution in [-0.2, 0) is 0 Å². The van der Waals surface area contributed by atoms with Gasteiger partial charge in [-0.15, -0.1) is 4.91 Å². The Bertz CT molecular complexity index is 471. The lowest BCUT2D eigenvalue weighted by atomic mass is 10.2. The van der Waals surface area contributed by atoms with Gasteiger partial charge in [0.2, 0.25) is 0 Å². The molecule has 0 fully saturated rings. The summed E-state index contributed by atoms with van der Waals surface area (Å²) in [7, 11) is 0. The second-order valence-corrected chi connectivity index (χ2v) is 3.11. The summed E-state index contributed by atoms with van der Waals surface area (Å²) in [5.74, 6) is 0. The van der Waals surface area contributed by atoms with E-state index in [1.165, 1.54) is 0 Å². The lowest BCUT2D eigenvalue weighted by Gasteiger charge is -1.94. The summed E-state index contributed by atoms with van der Waals surface area (Å²) in [5, 5.41) is 3.05. The lowest BCUT2D eigenvalue weighted by molar-refractivity contribution is 1.09. The first-order chi connectivity index (χ1) is 6.25. The molecule has 66 valence electrons. The molecular formula is C10H10N2O. The molecule has 0 N–H and O–H groups in total. The van der Waals surface area contributed by atoms with Crippen molar-refractivity contribution in [1.82, 2.24) is 4.40 Å². The molecule has 0 aromatic carbocycles. The molecule has 0 radical (unpaired) electrons. The normalized spacial score (nSPS) is 10.6. The molecule has 0 spiro atoms. The van der Waals surface area contributed by atoms with Crippen LogP contribution in [-0.4, -0.2) is 4.40 Å². The van der Waals surface area contributed by atoms with Crippen LogP contribution in [0.2, 0.25) is 0 Å². The van der Waals surface area contributed by atoms with Gasteiger partial charge in [0, 0.05) is 11.9 Å². The maximum Gasteiger partial charge on any atom is 0.136 e. The Labute approximate surface area is 76.0 Å². The highest BCUT2D eigenvalue weighted by molar-refractivity contribution is 5.75. The fourth-order valence-corrected chi connectivity index (χ4v) is 1.59. The van der Waals surface area contributed by atoms with E-state index in [1.807, 2.05) is 42.6 Å². The van der Waals surface area contributed by atoms with Crippen molar-refractivity contribution in [1.29, 1.82) is 0 Å². The third kappa shape index (κ3) is 0.967. The molecule has 0 bridgehead atoms. The third-order valence-corrected chi connectivity index (χ3v) is 2.45. The van der Waals surface area contributed by atoms with Crippen LogP contribution in [0.25, 0.3) is 5.52 Å². The average Bonchev–Trinajstić information content (AvgIpc) is 2.41. The molecule has 0 amide bonds. The van der Waals surface area contributed by atoms with Gasteiger partial charge in [0.1, 0.15) is 5.69 Å².